The Kier molecular flexibility index (Phi) is 3.86. The summed E-state index contributed by atoms with van der Waals surface area (Å²) in [6.07, 6.45) is 6.66. The predicted octanol–water partition coefficient (Wildman–Crippen LogP) is 3.27. The summed E-state index contributed by atoms with van der Waals surface area (Å²) in [6, 6.07) is 10.6. The maximum Gasteiger partial charge on any atom is 0.223 e. The highest BCUT2D eigenvalue weighted by molar-refractivity contribution is 5.35. The fourth-order valence-corrected chi connectivity index (χ4v) is 3.36. The molecule has 2 aromatic rings. The first-order chi connectivity index (χ1) is 10.2. The van der Waals surface area contributed by atoms with Crippen LogP contribution in [0.15, 0.2) is 30.3 Å². The molecule has 3 rings (SSSR count). The van der Waals surface area contributed by atoms with Gasteiger partial charge in [0.05, 0.1) is 5.41 Å². The second-order valence-electron chi connectivity index (χ2n) is 5.80. The quantitative estimate of drug-likeness (QED) is 0.938. The van der Waals surface area contributed by atoms with Gasteiger partial charge < -0.3 is 5.73 Å². The topological polar surface area (TPSA) is 64.7 Å². The van der Waals surface area contributed by atoms with E-state index in [2.05, 4.69) is 47.2 Å². The van der Waals surface area contributed by atoms with Crippen LogP contribution in [-0.2, 0) is 11.8 Å². The minimum atomic E-state index is -0.0967. The SMILES string of the molecule is CCc1nc(N)nc(C2(c3ccccc3)CCCCC2)n1. The van der Waals surface area contributed by atoms with Gasteiger partial charge in [-0.3, -0.25) is 0 Å². The van der Waals surface area contributed by atoms with Crippen molar-refractivity contribution in [3.63, 3.8) is 0 Å². The van der Waals surface area contributed by atoms with E-state index in [4.69, 9.17) is 10.7 Å². The largest absolute Gasteiger partial charge is 0.368 e. The molecule has 4 heteroatoms. The summed E-state index contributed by atoms with van der Waals surface area (Å²) in [5.74, 6) is 1.99. The third-order valence-electron chi connectivity index (χ3n) is 4.48. The van der Waals surface area contributed by atoms with Crippen LogP contribution in [0.3, 0.4) is 0 Å². The van der Waals surface area contributed by atoms with Gasteiger partial charge in [0.15, 0.2) is 0 Å². The van der Waals surface area contributed by atoms with E-state index in [1.54, 1.807) is 0 Å². The van der Waals surface area contributed by atoms with Crippen LogP contribution in [0.5, 0.6) is 0 Å². The molecule has 110 valence electrons. The Hall–Kier alpha value is -1.97. The van der Waals surface area contributed by atoms with Crippen molar-refractivity contribution >= 4 is 5.95 Å². The highest BCUT2D eigenvalue weighted by Gasteiger charge is 2.38. The molecule has 1 saturated carbocycles. The lowest BCUT2D eigenvalue weighted by molar-refractivity contribution is 0.329. The summed E-state index contributed by atoms with van der Waals surface area (Å²) in [5.41, 5.74) is 7.12. The first-order valence-corrected chi connectivity index (χ1v) is 7.81. The zero-order chi connectivity index (χ0) is 14.7. The van der Waals surface area contributed by atoms with Crippen molar-refractivity contribution in [1.29, 1.82) is 0 Å². The average molecular weight is 282 g/mol. The molecule has 1 heterocycles. The number of hydrogen-bond acceptors (Lipinski definition) is 4. The molecule has 0 radical (unpaired) electrons. The Morgan fingerprint density at radius 1 is 1.00 bits per heavy atom. The molecule has 2 N–H and O–H groups in total. The van der Waals surface area contributed by atoms with Gasteiger partial charge in [-0.25, -0.2) is 4.98 Å². The minimum absolute atomic E-state index is 0.0967. The number of hydrogen-bond donors (Lipinski definition) is 1. The number of aromatic nitrogens is 3. The third-order valence-corrected chi connectivity index (χ3v) is 4.48. The van der Waals surface area contributed by atoms with E-state index >= 15 is 0 Å². The van der Waals surface area contributed by atoms with Gasteiger partial charge in [0.25, 0.3) is 0 Å². The van der Waals surface area contributed by atoms with Crippen molar-refractivity contribution < 1.29 is 0 Å². The second-order valence-corrected chi connectivity index (χ2v) is 5.80. The first-order valence-electron chi connectivity index (χ1n) is 7.81. The number of benzene rings is 1. The molecule has 0 bridgehead atoms. The highest BCUT2D eigenvalue weighted by atomic mass is 15.1. The molecule has 1 aromatic heterocycles. The van der Waals surface area contributed by atoms with E-state index < -0.39 is 0 Å². The lowest BCUT2D eigenvalue weighted by Gasteiger charge is -2.36. The molecule has 1 aliphatic carbocycles. The molecule has 1 aliphatic rings. The van der Waals surface area contributed by atoms with Crippen LogP contribution in [-0.4, -0.2) is 15.0 Å². The number of aryl methyl sites for hydroxylation is 1. The van der Waals surface area contributed by atoms with Crippen LogP contribution in [0.2, 0.25) is 0 Å². The molecular formula is C17H22N4. The van der Waals surface area contributed by atoms with Gasteiger partial charge in [-0.05, 0) is 18.4 Å². The zero-order valence-electron chi connectivity index (χ0n) is 12.5. The Labute approximate surface area is 125 Å². The van der Waals surface area contributed by atoms with Gasteiger partial charge in [-0.2, -0.15) is 9.97 Å². The van der Waals surface area contributed by atoms with E-state index in [9.17, 15) is 0 Å². The Balaban J connectivity index is 2.14. The molecule has 0 aliphatic heterocycles. The van der Waals surface area contributed by atoms with E-state index in [0.717, 1.165) is 30.9 Å². The van der Waals surface area contributed by atoms with Crippen LogP contribution in [0.25, 0.3) is 0 Å². The highest BCUT2D eigenvalue weighted by Crippen LogP contribution is 2.43. The molecule has 0 spiro atoms. The average Bonchev–Trinajstić information content (AvgIpc) is 2.55. The molecular weight excluding hydrogens is 260 g/mol. The predicted molar refractivity (Wildman–Crippen MR) is 83.9 cm³/mol. The molecule has 0 amide bonds. The van der Waals surface area contributed by atoms with Gasteiger partial charge in [-0.1, -0.05) is 56.5 Å². The van der Waals surface area contributed by atoms with Crippen molar-refractivity contribution in [3.8, 4) is 0 Å². The second kappa shape index (κ2) is 5.80. The van der Waals surface area contributed by atoms with Gasteiger partial charge in [0.2, 0.25) is 5.95 Å². The summed E-state index contributed by atoms with van der Waals surface area (Å²) in [5, 5.41) is 0. The lowest BCUT2D eigenvalue weighted by Crippen LogP contribution is -2.33. The molecule has 0 saturated heterocycles. The van der Waals surface area contributed by atoms with E-state index in [-0.39, 0.29) is 5.41 Å². The first kappa shape index (κ1) is 14.0. The fourth-order valence-electron chi connectivity index (χ4n) is 3.36. The summed E-state index contributed by atoms with van der Waals surface area (Å²) in [4.78, 5) is 13.5. The van der Waals surface area contributed by atoms with Crippen LogP contribution in [0.4, 0.5) is 5.95 Å². The van der Waals surface area contributed by atoms with Crippen molar-refractivity contribution in [1.82, 2.24) is 15.0 Å². The Morgan fingerprint density at radius 2 is 1.71 bits per heavy atom. The van der Waals surface area contributed by atoms with Crippen LogP contribution in [0.1, 0.15) is 56.2 Å². The van der Waals surface area contributed by atoms with E-state index in [1.165, 1.54) is 24.8 Å². The minimum Gasteiger partial charge on any atom is -0.368 e. The summed E-state index contributed by atoms with van der Waals surface area (Å²) in [6.45, 7) is 2.05. The van der Waals surface area contributed by atoms with Crippen LogP contribution >= 0.6 is 0 Å². The fraction of sp³-hybridized carbons (Fsp3) is 0.471. The Bertz CT molecular complexity index is 603. The van der Waals surface area contributed by atoms with Crippen LogP contribution in [0, 0.1) is 0 Å². The standard InChI is InChI=1S/C17H22N4/c1-2-14-19-15(21-16(18)20-14)17(11-7-4-8-12-17)13-9-5-3-6-10-13/h3,5-6,9-10H,2,4,7-8,11-12H2,1H3,(H2,18,19,20,21). The molecule has 0 atom stereocenters. The molecule has 1 fully saturated rings. The number of nitrogen functional groups attached to an aromatic ring is 1. The Morgan fingerprint density at radius 3 is 2.38 bits per heavy atom. The summed E-state index contributed by atoms with van der Waals surface area (Å²) < 4.78 is 0. The summed E-state index contributed by atoms with van der Waals surface area (Å²) in [7, 11) is 0. The van der Waals surface area contributed by atoms with Crippen molar-refractivity contribution in [2.75, 3.05) is 5.73 Å². The summed E-state index contributed by atoms with van der Waals surface area (Å²) >= 11 is 0. The molecule has 21 heavy (non-hydrogen) atoms. The smallest absolute Gasteiger partial charge is 0.223 e. The van der Waals surface area contributed by atoms with Gasteiger partial charge in [0, 0.05) is 6.42 Å². The molecule has 0 unspecified atom stereocenters. The van der Waals surface area contributed by atoms with Gasteiger partial charge in [0.1, 0.15) is 11.6 Å². The lowest BCUT2D eigenvalue weighted by atomic mass is 9.69. The van der Waals surface area contributed by atoms with E-state index in [1.807, 2.05) is 0 Å². The maximum atomic E-state index is 5.92. The number of rotatable bonds is 3. The number of anilines is 1. The number of nitrogens with zero attached hydrogens (tertiary/aromatic N) is 3. The normalized spacial score (nSPS) is 17.6. The monoisotopic (exact) mass is 282 g/mol. The zero-order valence-corrected chi connectivity index (χ0v) is 12.5. The van der Waals surface area contributed by atoms with E-state index in [0.29, 0.717) is 5.95 Å². The van der Waals surface area contributed by atoms with Gasteiger partial charge >= 0.3 is 0 Å². The van der Waals surface area contributed by atoms with Crippen molar-refractivity contribution in [2.24, 2.45) is 0 Å². The van der Waals surface area contributed by atoms with Crippen molar-refractivity contribution in [3.05, 3.63) is 47.5 Å². The van der Waals surface area contributed by atoms with Crippen molar-refractivity contribution in [2.45, 2.75) is 50.9 Å². The van der Waals surface area contributed by atoms with Gasteiger partial charge in [-0.15, -0.1) is 0 Å². The third kappa shape index (κ3) is 2.62. The molecule has 1 aromatic carbocycles. The molecule has 4 nitrogen and oxygen atoms in total. The number of nitrogens with two attached hydrogens (primary N) is 1. The van der Waals surface area contributed by atoms with Crippen LogP contribution < -0.4 is 5.73 Å². The maximum absolute atomic E-state index is 5.92.